The van der Waals surface area contributed by atoms with E-state index in [2.05, 4.69) is 10.0 Å². The fraction of sp³-hybridized carbons (Fsp3) is 0.364. The second-order valence-corrected chi connectivity index (χ2v) is 5.55. The molecule has 0 aliphatic rings. The molecule has 0 heterocycles. The van der Waals surface area contributed by atoms with Crippen molar-refractivity contribution in [1.82, 2.24) is 0 Å². The quantitative estimate of drug-likeness (QED) is 0.861. The predicted octanol–water partition coefficient (Wildman–Crippen LogP) is 1.72. The van der Waals surface area contributed by atoms with E-state index in [0.29, 0.717) is 17.8 Å². The van der Waals surface area contributed by atoms with E-state index in [4.69, 9.17) is 0 Å². The highest BCUT2D eigenvalue weighted by Gasteiger charge is 2.07. The number of nitrogens with one attached hydrogen (secondary N) is 2. The Balaban J connectivity index is 2.98. The van der Waals surface area contributed by atoms with E-state index < -0.39 is 10.0 Å². The average Bonchev–Trinajstić information content (AvgIpc) is 2.21. The van der Waals surface area contributed by atoms with Gasteiger partial charge in [0.15, 0.2) is 0 Å². The summed E-state index contributed by atoms with van der Waals surface area (Å²) in [6, 6.07) is 5.08. The molecule has 0 saturated carbocycles. The van der Waals surface area contributed by atoms with Crippen LogP contribution in [-0.4, -0.2) is 20.6 Å². The van der Waals surface area contributed by atoms with Gasteiger partial charge in [0.1, 0.15) is 0 Å². The third-order valence-electron chi connectivity index (χ3n) is 2.14. The van der Waals surface area contributed by atoms with Crippen LogP contribution < -0.4 is 10.0 Å². The van der Waals surface area contributed by atoms with Gasteiger partial charge in [-0.25, -0.2) is 8.42 Å². The summed E-state index contributed by atoms with van der Waals surface area (Å²) in [5.41, 5.74) is 1.85. The van der Waals surface area contributed by atoms with Crippen LogP contribution in [0.1, 0.15) is 18.9 Å². The van der Waals surface area contributed by atoms with E-state index in [1.165, 1.54) is 0 Å². The van der Waals surface area contributed by atoms with Crippen LogP contribution in [-0.2, 0) is 14.8 Å². The van der Waals surface area contributed by atoms with Crippen molar-refractivity contribution in [2.24, 2.45) is 0 Å². The van der Waals surface area contributed by atoms with Gasteiger partial charge in [-0.15, -0.1) is 0 Å². The van der Waals surface area contributed by atoms with Crippen LogP contribution in [0.3, 0.4) is 0 Å². The highest BCUT2D eigenvalue weighted by molar-refractivity contribution is 7.92. The van der Waals surface area contributed by atoms with Gasteiger partial charge in [0.2, 0.25) is 15.9 Å². The van der Waals surface area contributed by atoms with E-state index >= 15 is 0 Å². The van der Waals surface area contributed by atoms with Gasteiger partial charge in [-0.3, -0.25) is 9.52 Å². The molecule has 1 rings (SSSR count). The third-order valence-corrected chi connectivity index (χ3v) is 2.73. The number of hydrogen-bond donors (Lipinski definition) is 2. The van der Waals surface area contributed by atoms with Crippen LogP contribution >= 0.6 is 0 Å². The largest absolute Gasteiger partial charge is 0.326 e. The number of sulfonamides is 1. The van der Waals surface area contributed by atoms with Crippen molar-refractivity contribution in [3.05, 3.63) is 23.8 Å². The van der Waals surface area contributed by atoms with Gasteiger partial charge in [-0.1, -0.05) is 13.0 Å². The zero-order valence-electron chi connectivity index (χ0n) is 10.1. The molecule has 0 atom stereocenters. The first-order valence-electron chi connectivity index (χ1n) is 5.20. The van der Waals surface area contributed by atoms with Gasteiger partial charge in [0, 0.05) is 12.1 Å². The van der Waals surface area contributed by atoms with E-state index in [9.17, 15) is 13.2 Å². The number of carbonyl (C=O) groups excluding carboxylic acids is 1. The molecule has 0 aromatic heterocycles. The summed E-state index contributed by atoms with van der Waals surface area (Å²) < 4.78 is 24.7. The highest BCUT2D eigenvalue weighted by atomic mass is 32.2. The zero-order valence-corrected chi connectivity index (χ0v) is 10.9. The standard InChI is InChI=1S/C11H16N2O3S/c1-4-11(14)12-9-6-5-8(2)10(7-9)13-17(3,15)16/h5-7,13H,4H2,1-3H3,(H,12,14). The lowest BCUT2D eigenvalue weighted by Crippen LogP contribution is -2.12. The van der Waals surface area contributed by atoms with Crippen LogP contribution in [0.5, 0.6) is 0 Å². The molecule has 0 aliphatic carbocycles. The summed E-state index contributed by atoms with van der Waals surface area (Å²) in [5.74, 6) is -0.112. The summed E-state index contributed by atoms with van der Waals surface area (Å²) in [7, 11) is -3.31. The zero-order chi connectivity index (χ0) is 13.1. The summed E-state index contributed by atoms with van der Waals surface area (Å²) in [4.78, 5) is 11.2. The summed E-state index contributed by atoms with van der Waals surface area (Å²) in [5, 5.41) is 2.67. The van der Waals surface area contributed by atoms with Crippen molar-refractivity contribution in [3.8, 4) is 0 Å². The smallest absolute Gasteiger partial charge is 0.229 e. The number of carbonyl (C=O) groups is 1. The number of benzene rings is 1. The molecule has 5 nitrogen and oxygen atoms in total. The molecular weight excluding hydrogens is 240 g/mol. The van der Waals surface area contributed by atoms with Crippen molar-refractivity contribution >= 4 is 27.3 Å². The SMILES string of the molecule is CCC(=O)Nc1ccc(C)c(NS(C)(=O)=O)c1. The van der Waals surface area contributed by atoms with Crippen molar-refractivity contribution < 1.29 is 13.2 Å². The second-order valence-electron chi connectivity index (χ2n) is 3.81. The Morgan fingerprint density at radius 1 is 1.35 bits per heavy atom. The Bertz CT molecular complexity index is 524. The monoisotopic (exact) mass is 256 g/mol. The molecule has 0 bridgehead atoms. The summed E-state index contributed by atoms with van der Waals surface area (Å²) in [6.45, 7) is 3.54. The summed E-state index contributed by atoms with van der Waals surface area (Å²) in [6.07, 6.45) is 1.46. The molecule has 94 valence electrons. The van der Waals surface area contributed by atoms with Crippen LogP contribution in [0.15, 0.2) is 18.2 Å². The predicted molar refractivity (Wildman–Crippen MR) is 68.6 cm³/mol. The Kier molecular flexibility index (Phi) is 4.11. The Morgan fingerprint density at radius 2 is 2.00 bits per heavy atom. The van der Waals surface area contributed by atoms with E-state index in [1.807, 2.05) is 0 Å². The first-order chi connectivity index (χ1) is 7.81. The van der Waals surface area contributed by atoms with E-state index in [1.54, 1.807) is 32.0 Å². The van der Waals surface area contributed by atoms with Crippen LogP contribution in [0.25, 0.3) is 0 Å². The maximum absolute atomic E-state index is 11.2. The molecule has 1 amide bonds. The minimum atomic E-state index is -3.31. The lowest BCUT2D eigenvalue weighted by Gasteiger charge is -2.10. The molecule has 0 radical (unpaired) electrons. The minimum absolute atomic E-state index is 0.112. The average molecular weight is 256 g/mol. The Labute approximate surface area is 101 Å². The Morgan fingerprint density at radius 3 is 2.53 bits per heavy atom. The van der Waals surface area contributed by atoms with Gasteiger partial charge in [0.25, 0.3) is 0 Å². The molecule has 0 unspecified atom stereocenters. The number of anilines is 2. The number of amides is 1. The van der Waals surface area contributed by atoms with Gasteiger partial charge in [0.05, 0.1) is 11.9 Å². The van der Waals surface area contributed by atoms with Crippen molar-refractivity contribution in [3.63, 3.8) is 0 Å². The van der Waals surface area contributed by atoms with Crippen molar-refractivity contribution in [1.29, 1.82) is 0 Å². The van der Waals surface area contributed by atoms with Gasteiger partial charge < -0.3 is 5.32 Å². The minimum Gasteiger partial charge on any atom is -0.326 e. The molecule has 0 saturated heterocycles. The summed E-state index contributed by atoms with van der Waals surface area (Å²) >= 11 is 0. The van der Waals surface area contributed by atoms with Crippen molar-refractivity contribution in [2.75, 3.05) is 16.3 Å². The number of rotatable bonds is 4. The molecule has 2 N–H and O–H groups in total. The highest BCUT2D eigenvalue weighted by Crippen LogP contribution is 2.21. The lowest BCUT2D eigenvalue weighted by atomic mass is 10.2. The molecule has 0 aliphatic heterocycles. The first-order valence-corrected chi connectivity index (χ1v) is 7.09. The maximum Gasteiger partial charge on any atom is 0.229 e. The van der Waals surface area contributed by atoms with Crippen LogP contribution in [0.2, 0.25) is 0 Å². The third kappa shape index (κ3) is 4.44. The molecule has 0 fully saturated rings. The van der Waals surface area contributed by atoms with Gasteiger partial charge >= 0.3 is 0 Å². The fourth-order valence-corrected chi connectivity index (χ4v) is 1.88. The molecule has 0 spiro atoms. The van der Waals surface area contributed by atoms with Gasteiger partial charge in [-0.05, 0) is 24.6 Å². The normalized spacial score (nSPS) is 11.0. The maximum atomic E-state index is 11.2. The fourth-order valence-electron chi connectivity index (χ4n) is 1.26. The van der Waals surface area contributed by atoms with Crippen LogP contribution in [0.4, 0.5) is 11.4 Å². The van der Waals surface area contributed by atoms with Gasteiger partial charge in [-0.2, -0.15) is 0 Å². The first kappa shape index (κ1) is 13.5. The molecule has 1 aromatic rings. The number of aryl methyl sites for hydroxylation is 1. The molecule has 6 heteroatoms. The molecule has 17 heavy (non-hydrogen) atoms. The van der Waals surface area contributed by atoms with Crippen LogP contribution in [0, 0.1) is 6.92 Å². The topological polar surface area (TPSA) is 75.3 Å². The second kappa shape index (κ2) is 5.18. The molecule has 1 aromatic carbocycles. The number of hydrogen-bond acceptors (Lipinski definition) is 3. The van der Waals surface area contributed by atoms with E-state index in [0.717, 1.165) is 11.8 Å². The molecular formula is C11H16N2O3S. The van der Waals surface area contributed by atoms with Crippen molar-refractivity contribution in [2.45, 2.75) is 20.3 Å². The Hall–Kier alpha value is -1.56. The van der Waals surface area contributed by atoms with E-state index in [-0.39, 0.29) is 5.91 Å². The lowest BCUT2D eigenvalue weighted by molar-refractivity contribution is -0.115.